The van der Waals surface area contributed by atoms with Crippen molar-refractivity contribution < 1.29 is 32.3 Å². The van der Waals surface area contributed by atoms with Crippen LogP contribution in [0.15, 0.2) is 18.2 Å². The van der Waals surface area contributed by atoms with E-state index in [2.05, 4.69) is 10.6 Å². The first-order valence-corrected chi connectivity index (χ1v) is 11.2. The molecule has 3 amide bonds. The van der Waals surface area contributed by atoms with E-state index in [1.165, 1.54) is 23.1 Å². The molecule has 0 unspecified atom stereocenters. The van der Waals surface area contributed by atoms with Gasteiger partial charge in [-0.2, -0.15) is 0 Å². The van der Waals surface area contributed by atoms with Crippen molar-refractivity contribution in [2.45, 2.75) is 75.6 Å². The van der Waals surface area contributed by atoms with Gasteiger partial charge in [-0.05, 0) is 56.9 Å². The number of nitrogens with one attached hydrogen (secondary N) is 2. The monoisotopic (exact) mass is 482 g/mol. The van der Waals surface area contributed by atoms with Crippen molar-refractivity contribution in [1.82, 2.24) is 10.2 Å². The van der Waals surface area contributed by atoms with E-state index in [9.17, 15) is 27.6 Å². The number of likely N-dealkylation sites (tertiary alicyclic amines) is 1. The molecule has 4 N–H and O–H groups in total. The van der Waals surface area contributed by atoms with Crippen LogP contribution in [-0.4, -0.2) is 53.1 Å². The van der Waals surface area contributed by atoms with E-state index in [4.69, 9.17) is 10.5 Å². The zero-order chi connectivity index (χ0) is 25.1. The van der Waals surface area contributed by atoms with Crippen LogP contribution < -0.4 is 16.4 Å². The minimum atomic E-state index is -2.78. The number of carbonyl (C=O) groups excluding carboxylic acids is 3. The Bertz CT molecular complexity index is 1020. The fourth-order valence-corrected chi connectivity index (χ4v) is 5.08. The van der Waals surface area contributed by atoms with Gasteiger partial charge in [-0.3, -0.25) is 9.59 Å². The van der Waals surface area contributed by atoms with E-state index in [1.807, 2.05) is 0 Å². The summed E-state index contributed by atoms with van der Waals surface area (Å²) in [5, 5.41) is 5.21. The number of fused-ring (bicyclic) bond motifs is 2. The van der Waals surface area contributed by atoms with E-state index in [1.54, 1.807) is 20.8 Å². The van der Waals surface area contributed by atoms with E-state index < -0.39 is 58.8 Å². The molecule has 0 bridgehead atoms. The third kappa shape index (κ3) is 4.57. The lowest BCUT2D eigenvalue weighted by Gasteiger charge is -2.38. The number of carbonyl (C=O) groups is 3. The van der Waals surface area contributed by atoms with Gasteiger partial charge in [0, 0.05) is 31.5 Å². The summed E-state index contributed by atoms with van der Waals surface area (Å²) < 4.78 is 46.0. The van der Waals surface area contributed by atoms with Gasteiger partial charge in [0.1, 0.15) is 17.5 Å². The number of anilines is 1. The van der Waals surface area contributed by atoms with Crippen molar-refractivity contribution in [3.05, 3.63) is 29.6 Å². The van der Waals surface area contributed by atoms with Crippen LogP contribution in [0.3, 0.4) is 0 Å². The van der Waals surface area contributed by atoms with Crippen LogP contribution in [0.25, 0.3) is 0 Å². The quantitative estimate of drug-likeness (QED) is 0.611. The van der Waals surface area contributed by atoms with Crippen molar-refractivity contribution in [1.29, 1.82) is 0 Å². The van der Waals surface area contributed by atoms with E-state index in [0.29, 0.717) is 11.3 Å². The predicted molar refractivity (Wildman–Crippen MR) is 116 cm³/mol. The lowest BCUT2D eigenvalue weighted by atomic mass is 9.77. The Labute approximate surface area is 195 Å². The Balaban J connectivity index is 1.56. The number of benzene rings is 1. The van der Waals surface area contributed by atoms with Gasteiger partial charge >= 0.3 is 6.09 Å². The molecule has 4 rings (SSSR count). The molecule has 1 saturated heterocycles. The summed E-state index contributed by atoms with van der Waals surface area (Å²) in [6.07, 6.45) is -2.46. The molecule has 1 aliphatic carbocycles. The van der Waals surface area contributed by atoms with E-state index in [0.717, 1.165) is 0 Å². The average Bonchev–Trinajstić information content (AvgIpc) is 3.15. The lowest BCUT2D eigenvalue weighted by molar-refractivity contribution is -0.139. The number of nitrogens with zero attached hydrogens (tertiary/aromatic N) is 1. The summed E-state index contributed by atoms with van der Waals surface area (Å²) in [6, 6.07) is 2.77. The summed E-state index contributed by atoms with van der Waals surface area (Å²) in [5.41, 5.74) is 5.06. The smallest absolute Gasteiger partial charge is 0.408 e. The maximum Gasteiger partial charge on any atom is 0.408 e. The Morgan fingerprint density at radius 2 is 1.97 bits per heavy atom. The van der Waals surface area contributed by atoms with Gasteiger partial charge in [0.15, 0.2) is 0 Å². The topological polar surface area (TPSA) is 114 Å². The summed E-state index contributed by atoms with van der Waals surface area (Å²) in [5.74, 6) is -4.76. The van der Waals surface area contributed by atoms with Crippen molar-refractivity contribution in [2.75, 3.05) is 11.9 Å². The van der Waals surface area contributed by atoms with Crippen LogP contribution in [-0.2, 0) is 19.7 Å². The summed E-state index contributed by atoms with van der Waals surface area (Å²) in [4.78, 5) is 40.1. The third-order valence-electron chi connectivity index (χ3n) is 6.59. The number of alkyl halides is 2. The molecule has 8 nitrogen and oxygen atoms in total. The van der Waals surface area contributed by atoms with Gasteiger partial charge in [-0.25, -0.2) is 18.0 Å². The molecule has 11 heteroatoms. The maximum absolute atomic E-state index is 14.0. The van der Waals surface area contributed by atoms with Crippen molar-refractivity contribution in [3.8, 4) is 0 Å². The molecule has 1 aromatic rings. The third-order valence-corrected chi connectivity index (χ3v) is 6.59. The number of halogens is 3. The van der Waals surface area contributed by atoms with Crippen LogP contribution in [0.1, 0.15) is 52.0 Å². The molecule has 1 spiro atoms. The Kier molecular flexibility index (Phi) is 5.82. The number of nitrogens with two attached hydrogens (primary N) is 1. The molecule has 3 aliphatic rings. The predicted octanol–water partition coefficient (Wildman–Crippen LogP) is 2.86. The number of amides is 3. The zero-order valence-corrected chi connectivity index (χ0v) is 19.3. The number of alkyl carbamates (subject to hydrolysis) is 1. The lowest BCUT2D eigenvalue weighted by Crippen LogP contribution is -2.54. The van der Waals surface area contributed by atoms with Crippen LogP contribution in [0.4, 0.5) is 23.7 Å². The second kappa shape index (κ2) is 8.14. The van der Waals surface area contributed by atoms with E-state index in [-0.39, 0.29) is 32.2 Å². The first-order valence-electron chi connectivity index (χ1n) is 11.2. The minimum absolute atomic E-state index is 0.0126. The van der Waals surface area contributed by atoms with Crippen LogP contribution in [0.5, 0.6) is 0 Å². The fourth-order valence-electron chi connectivity index (χ4n) is 5.08. The molecule has 2 fully saturated rings. The summed E-state index contributed by atoms with van der Waals surface area (Å²) in [6.45, 7) is 4.85. The molecule has 3 atom stereocenters. The molecule has 0 radical (unpaired) electrons. The first kappa shape index (κ1) is 24.3. The second-order valence-corrected chi connectivity index (χ2v) is 10.5. The number of ether oxygens (including phenoxy) is 1. The second-order valence-electron chi connectivity index (χ2n) is 10.5. The average molecular weight is 483 g/mol. The molecule has 0 aromatic heterocycles. The van der Waals surface area contributed by atoms with Crippen LogP contribution in [0, 0.1) is 11.7 Å². The van der Waals surface area contributed by atoms with Gasteiger partial charge in [0.2, 0.25) is 17.7 Å². The van der Waals surface area contributed by atoms with Gasteiger partial charge in [0.25, 0.3) is 0 Å². The maximum atomic E-state index is 14.0. The first-order chi connectivity index (χ1) is 15.7. The Morgan fingerprint density at radius 3 is 2.59 bits per heavy atom. The van der Waals surface area contributed by atoms with Gasteiger partial charge in [-0.15, -0.1) is 0 Å². The molecular formula is C23H29F3N4O4. The summed E-state index contributed by atoms with van der Waals surface area (Å²) >= 11 is 0. The standard InChI is InChI=1S/C23H29F3N4O4/c1-21(2,3)34-20(33)29-16(6-12-8-23(25,26)9-12)18(31)30-11-22(10-17(30)27)14-7-13(24)4-5-15(14)28-19(22)32/h4-5,7,12,16-17H,6,8-11,27H2,1-3H3,(H,28,32)(H,29,33)/t16-,17-,22-/m0/s1. The Morgan fingerprint density at radius 1 is 1.29 bits per heavy atom. The molecule has 1 aromatic carbocycles. The highest BCUT2D eigenvalue weighted by molar-refractivity contribution is 6.07. The fraction of sp³-hybridized carbons (Fsp3) is 0.609. The molecule has 1 saturated carbocycles. The highest BCUT2D eigenvalue weighted by Gasteiger charge is 2.56. The normalized spacial score (nSPS) is 26.6. The largest absolute Gasteiger partial charge is 0.444 e. The van der Waals surface area contributed by atoms with Gasteiger partial charge in [-0.1, -0.05) is 0 Å². The van der Waals surface area contributed by atoms with E-state index >= 15 is 0 Å². The molecule has 2 heterocycles. The summed E-state index contributed by atoms with van der Waals surface area (Å²) in [7, 11) is 0. The Hall–Kier alpha value is -2.82. The van der Waals surface area contributed by atoms with Crippen LogP contribution in [0.2, 0.25) is 0 Å². The molecule has 186 valence electrons. The molecule has 2 aliphatic heterocycles. The zero-order valence-electron chi connectivity index (χ0n) is 19.3. The number of hydrogen-bond donors (Lipinski definition) is 3. The number of rotatable bonds is 4. The van der Waals surface area contributed by atoms with Crippen molar-refractivity contribution >= 4 is 23.6 Å². The van der Waals surface area contributed by atoms with Crippen molar-refractivity contribution in [3.63, 3.8) is 0 Å². The van der Waals surface area contributed by atoms with Crippen LogP contribution >= 0.6 is 0 Å². The van der Waals surface area contributed by atoms with Gasteiger partial charge in [0.05, 0.1) is 11.6 Å². The molecule has 34 heavy (non-hydrogen) atoms. The SMILES string of the molecule is CC(C)(C)OC(=O)N[C@@H](CC1CC(F)(F)C1)C(=O)N1C[C@]2(C[C@H]1N)C(=O)Nc1ccc(F)cc12. The molecular weight excluding hydrogens is 453 g/mol. The highest BCUT2D eigenvalue weighted by atomic mass is 19.3. The van der Waals surface area contributed by atoms with Gasteiger partial charge < -0.3 is 26.0 Å². The highest BCUT2D eigenvalue weighted by Crippen LogP contribution is 2.47. The minimum Gasteiger partial charge on any atom is -0.444 e. The number of hydrogen-bond acceptors (Lipinski definition) is 5. The van der Waals surface area contributed by atoms with Crippen molar-refractivity contribution in [2.24, 2.45) is 11.7 Å².